The highest BCUT2D eigenvalue weighted by atomic mass is 32.1. The van der Waals surface area contributed by atoms with Crippen molar-refractivity contribution in [2.24, 2.45) is 11.1 Å². The van der Waals surface area contributed by atoms with E-state index < -0.39 is 0 Å². The van der Waals surface area contributed by atoms with Crippen molar-refractivity contribution in [2.45, 2.75) is 40.3 Å². The van der Waals surface area contributed by atoms with Crippen LogP contribution < -0.4 is 5.73 Å². The maximum absolute atomic E-state index is 13.8. The Morgan fingerprint density at radius 3 is 2.47 bits per heavy atom. The van der Waals surface area contributed by atoms with E-state index in [-0.39, 0.29) is 11.2 Å². The molecule has 1 rings (SSSR count). The van der Waals surface area contributed by atoms with E-state index in [0.29, 0.717) is 28.7 Å². The van der Waals surface area contributed by atoms with Gasteiger partial charge in [0, 0.05) is 23.7 Å². The molecule has 1 unspecified atom stereocenters. The molecule has 2 N–H and O–H groups in total. The zero-order chi connectivity index (χ0) is 14.8. The fraction of sp³-hybridized carbons (Fsp3) is 0.533. The summed E-state index contributed by atoms with van der Waals surface area (Å²) in [5.74, 6) is -0.215. The van der Waals surface area contributed by atoms with Crippen LogP contribution in [0.5, 0.6) is 0 Å². The average Bonchev–Trinajstić information content (AvgIpc) is 2.29. The van der Waals surface area contributed by atoms with Crippen LogP contribution in [0.25, 0.3) is 0 Å². The molecule has 0 aliphatic carbocycles. The Morgan fingerprint density at radius 1 is 1.42 bits per heavy atom. The number of hydrogen-bond donors (Lipinski definition) is 1. The Bertz CT molecular complexity index is 466. The molecule has 1 aromatic rings. The Hall–Kier alpha value is -1.00. The quantitative estimate of drug-likeness (QED) is 0.859. The van der Waals surface area contributed by atoms with Gasteiger partial charge in [-0.15, -0.1) is 0 Å². The standard InChI is InChI=1S/C15H23FN2S/c1-10(15(2,3)4)18(5)9-12-8-11(14(17)19)6-7-13(12)16/h6-8,10H,9H2,1-5H3,(H2,17,19). The third-order valence-corrected chi connectivity index (χ3v) is 3.90. The minimum Gasteiger partial charge on any atom is -0.389 e. The summed E-state index contributed by atoms with van der Waals surface area (Å²) in [5.41, 5.74) is 7.07. The molecule has 1 atom stereocenters. The molecule has 106 valence electrons. The van der Waals surface area contributed by atoms with Crippen LogP contribution in [0.4, 0.5) is 4.39 Å². The average molecular weight is 282 g/mol. The molecule has 0 spiro atoms. The van der Waals surface area contributed by atoms with Gasteiger partial charge in [0.15, 0.2) is 0 Å². The van der Waals surface area contributed by atoms with Crippen LogP contribution in [0.2, 0.25) is 0 Å². The van der Waals surface area contributed by atoms with Crippen molar-refractivity contribution >= 4 is 17.2 Å². The lowest BCUT2D eigenvalue weighted by molar-refractivity contribution is 0.133. The normalized spacial score (nSPS) is 13.6. The second kappa shape index (κ2) is 5.97. The number of halogens is 1. The van der Waals surface area contributed by atoms with Gasteiger partial charge < -0.3 is 5.73 Å². The summed E-state index contributed by atoms with van der Waals surface area (Å²) in [6.07, 6.45) is 0. The van der Waals surface area contributed by atoms with Gasteiger partial charge in [0.05, 0.1) is 0 Å². The van der Waals surface area contributed by atoms with Gasteiger partial charge in [-0.05, 0) is 37.6 Å². The molecule has 0 amide bonds. The summed E-state index contributed by atoms with van der Waals surface area (Å²) in [4.78, 5) is 2.44. The minimum absolute atomic E-state index is 0.145. The third kappa shape index (κ3) is 4.25. The number of hydrogen-bond acceptors (Lipinski definition) is 2. The first-order valence-electron chi connectivity index (χ1n) is 6.41. The number of rotatable bonds is 4. The topological polar surface area (TPSA) is 29.3 Å². The lowest BCUT2D eigenvalue weighted by atomic mass is 9.87. The molecule has 0 saturated carbocycles. The summed E-state index contributed by atoms with van der Waals surface area (Å²) < 4.78 is 13.8. The molecule has 0 saturated heterocycles. The Morgan fingerprint density at radius 2 is 2.00 bits per heavy atom. The van der Waals surface area contributed by atoms with Crippen LogP contribution in [0.15, 0.2) is 18.2 Å². The molecule has 0 aromatic heterocycles. The van der Waals surface area contributed by atoms with Gasteiger partial charge in [-0.2, -0.15) is 0 Å². The Labute approximate surface area is 120 Å². The van der Waals surface area contributed by atoms with Gasteiger partial charge in [-0.25, -0.2) is 4.39 Å². The fourth-order valence-electron chi connectivity index (χ4n) is 1.92. The Kier molecular flexibility index (Phi) is 5.04. The van der Waals surface area contributed by atoms with Crippen molar-refractivity contribution in [1.82, 2.24) is 4.90 Å². The van der Waals surface area contributed by atoms with E-state index in [1.807, 2.05) is 7.05 Å². The van der Waals surface area contributed by atoms with Crippen molar-refractivity contribution in [2.75, 3.05) is 7.05 Å². The predicted molar refractivity (Wildman–Crippen MR) is 82.7 cm³/mol. The van der Waals surface area contributed by atoms with E-state index in [9.17, 15) is 4.39 Å². The highest BCUT2D eigenvalue weighted by Gasteiger charge is 2.24. The van der Waals surface area contributed by atoms with Gasteiger partial charge in [-0.3, -0.25) is 4.90 Å². The zero-order valence-corrected chi connectivity index (χ0v) is 13.1. The SMILES string of the molecule is CC(N(C)Cc1cc(C(N)=S)ccc1F)C(C)(C)C. The van der Waals surface area contributed by atoms with Crippen LogP contribution in [-0.4, -0.2) is 23.0 Å². The van der Waals surface area contributed by atoms with Gasteiger partial charge in [-0.1, -0.05) is 33.0 Å². The van der Waals surface area contributed by atoms with Gasteiger partial charge in [0.2, 0.25) is 0 Å². The number of thiocarbonyl (C=S) groups is 1. The van der Waals surface area contributed by atoms with Gasteiger partial charge in [0.1, 0.15) is 10.8 Å². The van der Waals surface area contributed by atoms with Crippen LogP contribution in [0.3, 0.4) is 0 Å². The fourth-order valence-corrected chi connectivity index (χ4v) is 2.04. The van der Waals surface area contributed by atoms with Crippen LogP contribution in [0.1, 0.15) is 38.8 Å². The van der Waals surface area contributed by atoms with Gasteiger partial charge >= 0.3 is 0 Å². The van der Waals surface area contributed by atoms with Crippen molar-refractivity contribution in [3.8, 4) is 0 Å². The summed E-state index contributed by atoms with van der Waals surface area (Å²) in [5, 5.41) is 0. The van der Waals surface area contributed by atoms with Crippen molar-refractivity contribution < 1.29 is 4.39 Å². The van der Waals surface area contributed by atoms with Crippen LogP contribution in [-0.2, 0) is 6.54 Å². The molecule has 0 radical (unpaired) electrons. The first-order chi connectivity index (χ1) is 8.62. The first-order valence-corrected chi connectivity index (χ1v) is 6.82. The van der Waals surface area contributed by atoms with E-state index >= 15 is 0 Å². The maximum atomic E-state index is 13.8. The molecular weight excluding hydrogens is 259 g/mol. The molecule has 0 bridgehead atoms. The molecule has 0 fully saturated rings. The highest BCUT2D eigenvalue weighted by Crippen LogP contribution is 2.24. The van der Waals surface area contributed by atoms with Crippen LogP contribution >= 0.6 is 12.2 Å². The van der Waals surface area contributed by atoms with E-state index in [2.05, 4.69) is 32.6 Å². The molecule has 1 aromatic carbocycles. The predicted octanol–water partition coefficient (Wildman–Crippen LogP) is 3.33. The van der Waals surface area contributed by atoms with E-state index in [4.69, 9.17) is 18.0 Å². The summed E-state index contributed by atoms with van der Waals surface area (Å²) in [6.45, 7) is 9.22. The lowest BCUT2D eigenvalue weighted by Crippen LogP contribution is -2.39. The summed E-state index contributed by atoms with van der Waals surface area (Å²) >= 11 is 4.93. The van der Waals surface area contributed by atoms with Gasteiger partial charge in [0.25, 0.3) is 0 Å². The number of nitrogens with zero attached hydrogens (tertiary/aromatic N) is 1. The van der Waals surface area contributed by atoms with Crippen molar-refractivity contribution in [1.29, 1.82) is 0 Å². The maximum Gasteiger partial charge on any atom is 0.127 e. The van der Waals surface area contributed by atoms with E-state index in [1.54, 1.807) is 12.1 Å². The zero-order valence-electron chi connectivity index (χ0n) is 12.3. The first kappa shape index (κ1) is 16.1. The monoisotopic (exact) mass is 282 g/mol. The van der Waals surface area contributed by atoms with E-state index in [0.717, 1.165) is 0 Å². The molecule has 0 aliphatic heterocycles. The third-order valence-electron chi connectivity index (χ3n) is 3.66. The number of benzene rings is 1. The van der Waals surface area contributed by atoms with Crippen molar-refractivity contribution in [3.63, 3.8) is 0 Å². The van der Waals surface area contributed by atoms with Crippen LogP contribution in [0, 0.1) is 11.2 Å². The molecular formula is C15H23FN2S. The molecule has 0 heterocycles. The molecule has 0 aliphatic rings. The smallest absolute Gasteiger partial charge is 0.127 e. The summed E-state index contributed by atoms with van der Waals surface area (Å²) in [6, 6.07) is 5.12. The largest absolute Gasteiger partial charge is 0.389 e. The van der Waals surface area contributed by atoms with E-state index in [1.165, 1.54) is 6.07 Å². The second-order valence-corrected chi connectivity index (χ2v) is 6.57. The summed E-state index contributed by atoms with van der Waals surface area (Å²) in [7, 11) is 2.00. The van der Waals surface area contributed by atoms with Crippen molar-refractivity contribution in [3.05, 3.63) is 35.1 Å². The Balaban J connectivity index is 2.93. The second-order valence-electron chi connectivity index (χ2n) is 6.13. The minimum atomic E-state index is -0.215. The molecule has 4 heteroatoms. The lowest BCUT2D eigenvalue weighted by Gasteiger charge is -2.35. The highest BCUT2D eigenvalue weighted by molar-refractivity contribution is 7.80. The number of nitrogens with two attached hydrogens (primary N) is 1. The molecule has 2 nitrogen and oxygen atoms in total. The molecule has 19 heavy (non-hydrogen) atoms.